The van der Waals surface area contributed by atoms with Gasteiger partial charge in [0, 0.05) is 10.8 Å². The average Bonchev–Trinajstić information content (AvgIpc) is 3.14. The minimum absolute atomic E-state index is 0.0350. The SMILES string of the molecule is CC1(C)c2ccccc2-c2cc(-c3cccc4c3-c3ccccc3C4(C)C)ccc21. The van der Waals surface area contributed by atoms with Crippen LogP contribution < -0.4 is 0 Å². The maximum absolute atomic E-state index is 2.42. The molecule has 0 radical (unpaired) electrons. The maximum atomic E-state index is 2.42. The molecular formula is C30H26. The lowest BCUT2D eigenvalue weighted by molar-refractivity contribution is 0.660. The Labute approximate surface area is 179 Å². The molecule has 30 heavy (non-hydrogen) atoms. The second-order valence-electron chi connectivity index (χ2n) is 9.83. The fraction of sp³-hybridized carbons (Fsp3) is 0.200. The lowest BCUT2D eigenvalue weighted by Gasteiger charge is -2.22. The molecule has 0 aliphatic heterocycles. The van der Waals surface area contributed by atoms with E-state index in [0.717, 1.165) is 0 Å². The van der Waals surface area contributed by atoms with Crippen molar-refractivity contribution in [2.75, 3.05) is 0 Å². The van der Waals surface area contributed by atoms with Crippen LogP contribution in [0.1, 0.15) is 49.9 Å². The van der Waals surface area contributed by atoms with E-state index in [4.69, 9.17) is 0 Å². The van der Waals surface area contributed by atoms with Gasteiger partial charge in [-0.1, -0.05) is 107 Å². The predicted octanol–water partition coefficient (Wildman–Crippen LogP) is 7.97. The monoisotopic (exact) mass is 386 g/mol. The molecule has 6 rings (SSSR count). The van der Waals surface area contributed by atoms with Crippen molar-refractivity contribution in [1.82, 2.24) is 0 Å². The fourth-order valence-corrected chi connectivity index (χ4v) is 5.88. The molecule has 0 nitrogen and oxygen atoms in total. The second kappa shape index (κ2) is 5.73. The Morgan fingerprint density at radius 2 is 0.967 bits per heavy atom. The van der Waals surface area contributed by atoms with Crippen LogP contribution in [-0.2, 0) is 10.8 Å². The molecule has 0 aromatic heterocycles. The Hall–Kier alpha value is -3.12. The molecule has 0 unspecified atom stereocenters. The Morgan fingerprint density at radius 1 is 0.433 bits per heavy atom. The minimum atomic E-state index is 0.0350. The van der Waals surface area contributed by atoms with Gasteiger partial charge < -0.3 is 0 Å². The number of fused-ring (bicyclic) bond motifs is 6. The zero-order valence-electron chi connectivity index (χ0n) is 18.1. The van der Waals surface area contributed by atoms with E-state index in [0.29, 0.717) is 0 Å². The molecule has 0 heterocycles. The number of hydrogen-bond donors (Lipinski definition) is 0. The standard InChI is InChI=1S/C30H26/c1-29(2)24-13-7-5-10-21(24)23-18-19(16-17-26(23)29)20-12-9-15-27-28(20)22-11-6-8-14-25(22)30(27,3)4/h5-18H,1-4H3. The Morgan fingerprint density at radius 3 is 1.73 bits per heavy atom. The zero-order chi connectivity index (χ0) is 20.7. The van der Waals surface area contributed by atoms with Crippen LogP contribution in [0.25, 0.3) is 33.4 Å². The highest BCUT2D eigenvalue weighted by Gasteiger charge is 2.38. The lowest BCUT2D eigenvalue weighted by Crippen LogP contribution is -2.15. The van der Waals surface area contributed by atoms with Crippen LogP contribution in [-0.4, -0.2) is 0 Å². The number of benzene rings is 4. The van der Waals surface area contributed by atoms with Crippen LogP contribution in [0.5, 0.6) is 0 Å². The molecule has 2 aliphatic carbocycles. The first-order chi connectivity index (χ1) is 14.4. The highest BCUT2D eigenvalue weighted by molar-refractivity contribution is 5.94. The molecular weight excluding hydrogens is 360 g/mol. The van der Waals surface area contributed by atoms with Crippen molar-refractivity contribution in [3.8, 4) is 33.4 Å². The van der Waals surface area contributed by atoms with Crippen LogP contribution in [0.15, 0.2) is 84.9 Å². The van der Waals surface area contributed by atoms with Crippen molar-refractivity contribution in [1.29, 1.82) is 0 Å². The van der Waals surface area contributed by atoms with Gasteiger partial charge in [0.2, 0.25) is 0 Å². The van der Waals surface area contributed by atoms with E-state index in [9.17, 15) is 0 Å². The molecule has 0 heteroatoms. The third-order valence-electron chi connectivity index (χ3n) is 7.50. The van der Waals surface area contributed by atoms with Gasteiger partial charge in [-0.2, -0.15) is 0 Å². The summed E-state index contributed by atoms with van der Waals surface area (Å²) in [5, 5.41) is 0. The third-order valence-corrected chi connectivity index (χ3v) is 7.50. The molecule has 0 amide bonds. The summed E-state index contributed by atoms with van der Waals surface area (Å²) in [6.07, 6.45) is 0. The highest BCUT2D eigenvalue weighted by Crippen LogP contribution is 2.53. The number of hydrogen-bond acceptors (Lipinski definition) is 0. The smallest absolute Gasteiger partial charge is 0.0159 e. The molecule has 0 bridgehead atoms. The summed E-state index contributed by atoms with van der Waals surface area (Å²) in [6, 6.07) is 31.8. The first-order valence-electron chi connectivity index (χ1n) is 10.9. The van der Waals surface area contributed by atoms with E-state index in [2.05, 4.69) is 113 Å². The van der Waals surface area contributed by atoms with Gasteiger partial charge in [-0.05, 0) is 61.7 Å². The summed E-state index contributed by atoms with van der Waals surface area (Å²) in [5.74, 6) is 0. The molecule has 0 spiro atoms. The Kier molecular flexibility index (Phi) is 3.38. The van der Waals surface area contributed by atoms with Gasteiger partial charge in [0.15, 0.2) is 0 Å². The maximum Gasteiger partial charge on any atom is 0.0159 e. The molecule has 2 aliphatic rings. The van der Waals surface area contributed by atoms with Gasteiger partial charge in [0.1, 0.15) is 0 Å². The summed E-state index contributed by atoms with van der Waals surface area (Å²) >= 11 is 0. The van der Waals surface area contributed by atoms with E-state index < -0.39 is 0 Å². The van der Waals surface area contributed by atoms with E-state index in [1.165, 1.54) is 55.6 Å². The van der Waals surface area contributed by atoms with Crippen LogP contribution in [0.4, 0.5) is 0 Å². The Bertz CT molecular complexity index is 1330. The highest BCUT2D eigenvalue weighted by atomic mass is 14.4. The molecule has 4 aromatic rings. The second-order valence-corrected chi connectivity index (χ2v) is 9.83. The van der Waals surface area contributed by atoms with Gasteiger partial charge in [0.05, 0.1) is 0 Å². The van der Waals surface area contributed by atoms with Gasteiger partial charge in [-0.25, -0.2) is 0 Å². The molecule has 0 N–H and O–H groups in total. The van der Waals surface area contributed by atoms with Crippen LogP contribution in [0.3, 0.4) is 0 Å². The van der Waals surface area contributed by atoms with Crippen molar-refractivity contribution < 1.29 is 0 Å². The molecule has 0 fully saturated rings. The summed E-state index contributed by atoms with van der Waals surface area (Å²) in [5.41, 5.74) is 14.0. The van der Waals surface area contributed by atoms with Crippen LogP contribution >= 0.6 is 0 Å². The molecule has 146 valence electrons. The molecule has 0 saturated carbocycles. The molecule has 4 aromatic carbocycles. The van der Waals surface area contributed by atoms with E-state index >= 15 is 0 Å². The topological polar surface area (TPSA) is 0 Å². The zero-order valence-corrected chi connectivity index (χ0v) is 18.1. The van der Waals surface area contributed by atoms with E-state index in [-0.39, 0.29) is 10.8 Å². The normalized spacial score (nSPS) is 16.5. The first kappa shape index (κ1) is 17.7. The van der Waals surface area contributed by atoms with Crippen molar-refractivity contribution in [2.24, 2.45) is 0 Å². The largest absolute Gasteiger partial charge is 0.0619 e. The fourth-order valence-electron chi connectivity index (χ4n) is 5.88. The quantitative estimate of drug-likeness (QED) is 0.311. The van der Waals surface area contributed by atoms with Gasteiger partial charge >= 0.3 is 0 Å². The van der Waals surface area contributed by atoms with Gasteiger partial charge in [0.25, 0.3) is 0 Å². The van der Waals surface area contributed by atoms with Gasteiger partial charge in [-0.15, -0.1) is 0 Å². The van der Waals surface area contributed by atoms with Gasteiger partial charge in [-0.3, -0.25) is 0 Å². The van der Waals surface area contributed by atoms with E-state index in [1.54, 1.807) is 0 Å². The average molecular weight is 387 g/mol. The summed E-state index contributed by atoms with van der Waals surface area (Å²) in [6.45, 7) is 9.39. The van der Waals surface area contributed by atoms with Crippen LogP contribution in [0.2, 0.25) is 0 Å². The van der Waals surface area contributed by atoms with Crippen molar-refractivity contribution in [2.45, 2.75) is 38.5 Å². The summed E-state index contributed by atoms with van der Waals surface area (Å²) < 4.78 is 0. The summed E-state index contributed by atoms with van der Waals surface area (Å²) in [7, 11) is 0. The summed E-state index contributed by atoms with van der Waals surface area (Å²) in [4.78, 5) is 0. The van der Waals surface area contributed by atoms with E-state index in [1.807, 2.05) is 0 Å². The predicted molar refractivity (Wildman–Crippen MR) is 127 cm³/mol. The number of rotatable bonds is 1. The van der Waals surface area contributed by atoms with Crippen molar-refractivity contribution in [3.05, 3.63) is 107 Å². The van der Waals surface area contributed by atoms with Crippen molar-refractivity contribution >= 4 is 0 Å². The first-order valence-corrected chi connectivity index (χ1v) is 10.9. The third kappa shape index (κ3) is 2.12. The van der Waals surface area contributed by atoms with Crippen molar-refractivity contribution in [3.63, 3.8) is 0 Å². The molecule has 0 atom stereocenters. The minimum Gasteiger partial charge on any atom is -0.0619 e. The van der Waals surface area contributed by atoms with Crippen LogP contribution in [0, 0.1) is 0 Å². The Balaban J connectivity index is 1.62. The molecule has 0 saturated heterocycles. The lowest BCUT2D eigenvalue weighted by atomic mass is 9.81.